The normalized spacial score (nSPS) is 19.4. The highest BCUT2D eigenvalue weighted by atomic mass is 35.5. The minimum absolute atomic E-state index is 0. The van der Waals surface area contributed by atoms with Gasteiger partial charge in [-0.2, -0.15) is 0 Å². The lowest BCUT2D eigenvalue weighted by molar-refractivity contribution is -0.233. The first-order valence-corrected chi connectivity index (χ1v) is 16.4. The number of rotatable bonds is 7. The molecule has 2 heterocycles. The van der Waals surface area contributed by atoms with Crippen molar-refractivity contribution in [3.63, 3.8) is 0 Å². The summed E-state index contributed by atoms with van der Waals surface area (Å²) in [4.78, 5) is 19.6. The summed E-state index contributed by atoms with van der Waals surface area (Å²) in [6.45, 7) is 42.1. The number of aliphatic imine (C=N–C) groups is 2. The molecular weight excluding hydrogens is 551 g/mol. The molecule has 0 aromatic rings. The number of hydrogen-bond acceptors (Lipinski definition) is 6. The third-order valence-electron chi connectivity index (χ3n) is 6.65. The minimum Gasteiger partial charge on any atom is -0.291 e. The first-order valence-electron chi connectivity index (χ1n) is 15.4. The van der Waals surface area contributed by atoms with E-state index in [0.717, 1.165) is 45.8 Å². The maximum Gasteiger partial charge on any atom is 0.192 e. The molecule has 0 aromatic carbocycles. The fourth-order valence-electron chi connectivity index (χ4n) is 5.53. The van der Waals surface area contributed by atoms with Crippen LogP contribution in [0.3, 0.4) is 0 Å². The molecule has 0 atom stereocenters. The Morgan fingerprint density at radius 3 is 1.29 bits per heavy atom. The van der Waals surface area contributed by atoms with Gasteiger partial charge in [0, 0.05) is 69.3 Å². The zero-order valence-electron chi connectivity index (χ0n) is 29.0. The molecule has 2 aliphatic rings. The van der Waals surface area contributed by atoms with Gasteiger partial charge in [0.05, 0.1) is 10.9 Å². The van der Waals surface area contributed by atoms with Crippen molar-refractivity contribution in [2.75, 3.05) is 51.2 Å². The largest absolute Gasteiger partial charge is 0.291 e. The van der Waals surface area contributed by atoms with Gasteiger partial charge >= 0.3 is 0 Å². The van der Waals surface area contributed by atoms with Gasteiger partial charge in [0.2, 0.25) is 0 Å². The average molecular weight is 622 g/mol. The molecule has 2 saturated heterocycles. The predicted octanol–water partition coefficient (Wildman–Crippen LogP) is 8.38. The van der Waals surface area contributed by atoms with Gasteiger partial charge in [-0.3, -0.25) is 29.6 Å². The smallest absolute Gasteiger partial charge is 0.192 e. The molecule has 2 aliphatic heterocycles. The standard InChI is InChI=1S/C21H44N4.C10H20N2.CH2Cl2.CH4/c1-17(2)15-22-11-13-24(19(5,6)7)21(22)23(16-18(3)4)12-14-25(21)20(8,9)10;1-9(2)8-11-6-7-12-10(3,4)5;2-1-3;/h17-18H,11-16H2,1-10H3;6-7,9H,8H2,1-5H3;1H2;1H4. The monoisotopic (exact) mass is 621 g/mol. The van der Waals surface area contributed by atoms with E-state index in [4.69, 9.17) is 23.2 Å². The maximum atomic E-state index is 4.76. The van der Waals surface area contributed by atoms with Gasteiger partial charge in [0.25, 0.3) is 0 Å². The Hall–Kier alpha value is -0.240. The van der Waals surface area contributed by atoms with Gasteiger partial charge in [-0.25, -0.2) is 0 Å². The first-order chi connectivity index (χ1) is 18.1. The van der Waals surface area contributed by atoms with Crippen molar-refractivity contribution in [2.45, 2.75) is 134 Å². The highest BCUT2D eigenvalue weighted by Crippen LogP contribution is 2.45. The van der Waals surface area contributed by atoms with Crippen LogP contribution >= 0.6 is 23.2 Å². The highest BCUT2D eigenvalue weighted by Gasteiger charge is 2.62. The maximum absolute atomic E-state index is 4.76. The van der Waals surface area contributed by atoms with Gasteiger partial charge in [-0.05, 0) is 80.1 Å². The van der Waals surface area contributed by atoms with Crippen molar-refractivity contribution in [3.8, 4) is 0 Å². The second kappa shape index (κ2) is 18.5. The van der Waals surface area contributed by atoms with Crippen LogP contribution in [0, 0.1) is 17.8 Å². The fourth-order valence-corrected chi connectivity index (χ4v) is 5.53. The lowest BCUT2D eigenvalue weighted by Gasteiger charge is -2.58. The van der Waals surface area contributed by atoms with E-state index in [9.17, 15) is 0 Å². The molecule has 0 unspecified atom stereocenters. The minimum atomic E-state index is -0.0783. The van der Waals surface area contributed by atoms with Crippen molar-refractivity contribution < 1.29 is 0 Å². The van der Waals surface area contributed by atoms with Crippen LogP contribution in [0.4, 0.5) is 0 Å². The predicted molar refractivity (Wildman–Crippen MR) is 188 cm³/mol. The summed E-state index contributed by atoms with van der Waals surface area (Å²) in [6.07, 6.45) is 3.56. The molecule has 246 valence electrons. The molecule has 41 heavy (non-hydrogen) atoms. The SMILES string of the molecule is C.CC(C)CN1CCN(C(C)(C)C)C12N(CC(C)C)CCN2C(C)(C)C.CC(C)CN=CC=NC(C)(C)C.ClCCl. The number of hydrogen-bond donors (Lipinski definition) is 0. The molecule has 0 bridgehead atoms. The zero-order valence-corrected chi connectivity index (χ0v) is 30.5. The molecule has 6 nitrogen and oxygen atoms in total. The lowest BCUT2D eigenvalue weighted by Crippen LogP contribution is -2.75. The van der Waals surface area contributed by atoms with Crippen LogP contribution in [-0.2, 0) is 0 Å². The van der Waals surface area contributed by atoms with Crippen molar-refractivity contribution in [2.24, 2.45) is 27.7 Å². The molecule has 2 rings (SSSR count). The third kappa shape index (κ3) is 14.4. The second-order valence-electron chi connectivity index (χ2n) is 15.4. The van der Waals surface area contributed by atoms with Gasteiger partial charge in [0.1, 0.15) is 0 Å². The van der Waals surface area contributed by atoms with E-state index in [0.29, 0.717) is 17.8 Å². The van der Waals surface area contributed by atoms with Crippen molar-refractivity contribution in [1.29, 1.82) is 0 Å². The number of alkyl halides is 2. The quantitative estimate of drug-likeness (QED) is 0.211. The Balaban J connectivity index is 0. The van der Waals surface area contributed by atoms with E-state index >= 15 is 0 Å². The average Bonchev–Trinajstić information content (AvgIpc) is 3.29. The van der Waals surface area contributed by atoms with Gasteiger partial charge in [0.15, 0.2) is 5.91 Å². The van der Waals surface area contributed by atoms with Crippen LogP contribution in [0.1, 0.15) is 111 Å². The Morgan fingerprint density at radius 2 is 1.02 bits per heavy atom. The van der Waals surface area contributed by atoms with Crippen LogP contribution in [0.15, 0.2) is 9.98 Å². The van der Waals surface area contributed by atoms with Crippen molar-refractivity contribution in [1.82, 2.24) is 19.6 Å². The molecule has 0 aliphatic carbocycles. The number of nitrogens with zero attached hydrogens (tertiary/aromatic N) is 6. The molecule has 1 spiro atoms. The van der Waals surface area contributed by atoms with Crippen LogP contribution in [0.5, 0.6) is 0 Å². The van der Waals surface area contributed by atoms with E-state index in [2.05, 4.69) is 133 Å². The van der Waals surface area contributed by atoms with Crippen LogP contribution in [0.25, 0.3) is 0 Å². The Bertz CT molecular complexity index is 702. The van der Waals surface area contributed by atoms with Crippen LogP contribution in [0.2, 0.25) is 0 Å². The Labute approximate surface area is 267 Å². The van der Waals surface area contributed by atoms with Crippen molar-refractivity contribution in [3.05, 3.63) is 0 Å². The lowest BCUT2D eigenvalue weighted by atomic mass is 10.0. The molecule has 0 N–H and O–H groups in total. The summed E-state index contributed by atoms with van der Waals surface area (Å²) in [5.41, 5.74) is 0.313. The van der Waals surface area contributed by atoms with E-state index in [1.54, 1.807) is 12.4 Å². The summed E-state index contributed by atoms with van der Waals surface area (Å²) in [5.74, 6) is 1.91. The topological polar surface area (TPSA) is 37.7 Å². The molecule has 0 aromatic heterocycles. The summed E-state index contributed by atoms with van der Waals surface area (Å²) in [5, 5.41) is 0.194. The molecular formula is C33H70Cl2N6. The van der Waals surface area contributed by atoms with Gasteiger partial charge in [-0.15, -0.1) is 23.2 Å². The zero-order chi connectivity index (χ0) is 31.5. The Morgan fingerprint density at radius 1 is 0.659 bits per heavy atom. The molecule has 0 saturated carbocycles. The molecule has 0 amide bonds. The number of halogens is 2. The van der Waals surface area contributed by atoms with E-state index in [1.807, 2.05) is 0 Å². The molecule has 8 heteroatoms. The third-order valence-corrected chi connectivity index (χ3v) is 6.65. The Kier molecular flexibility index (Phi) is 19.4. The fraction of sp³-hybridized carbons (Fsp3) is 0.939. The van der Waals surface area contributed by atoms with Gasteiger partial charge in [-0.1, -0.05) is 49.0 Å². The van der Waals surface area contributed by atoms with Crippen LogP contribution < -0.4 is 0 Å². The second-order valence-corrected chi connectivity index (χ2v) is 16.2. The summed E-state index contributed by atoms with van der Waals surface area (Å²) in [6, 6.07) is 0. The van der Waals surface area contributed by atoms with E-state index in [-0.39, 0.29) is 35.3 Å². The summed E-state index contributed by atoms with van der Waals surface area (Å²) >= 11 is 9.53. The van der Waals surface area contributed by atoms with Crippen molar-refractivity contribution >= 4 is 35.6 Å². The first kappa shape index (κ1) is 42.9. The highest BCUT2D eigenvalue weighted by molar-refractivity contribution is 6.40. The van der Waals surface area contributed by atoms with Gasteiger partial charge < -0.3 is 0 Å². The molecule has 2 fully saturated rings. The molecule has 0 radical (unpaired) electrons. The summed E-state index contributed by atoms with van der Waals surface area (Å²) in [7, 11) is 0. The van der Waals surface area contributed by atoms with E-state index in [1.165, 1.54) is 0 Å². The summed E-state index contributed by atoms with van der Waals surface area (Å²) < 4.78 is 0. The van der Waals surface area contributed by atoms with E-state index < -0.39 is 0 Å². The van der Waals surface area contributed by atoms with Crippen LogP contribution in [-0.4, -0.2) is 106 Å².